The standard InChI is InChI=1S/C24H28N2O6S/c1-25(20-10-6-5-9-19(20)24(28)32-3)23(27)14-12-18-11-13-21(31-2)22(17-18)33(29,30)26-15-7-4-8-16-26/h5-6,9-14,17H,4,7-8,15-16H2,1-3H3/b14-12+. The maximum absolute atomic E-state index is 13.2. The van der Waals surface area contributed by atoms with Gasteiger partial charge in [0.15, 0.2) is 0 Å². The number of esters is 1. The van der Waals surface area contributed by atoms with Crippen molar-refractivity contribution in [3.63, 3.8) is 0 Å². The second-order valence-electron chi connectivity index (χ2n) is 7.61. The van der Waals surface area contributed by atoms with Gasteiger partial charge >= 0.3 is 5.97 Å². The molecule has 0 spiro atoms. The van der Waals surface area contributed by atoms with Gasteiger partial charge in [-0.3, -0.25) is 4.79 Å². The van der Waals surface area contributed by atoms with E-state index >= 15 is 0 Å². The minimum atomic E-state index is -3.72. The van der Waals surface area contributed by atoms with Gasteiger partial charge in [-0.05, 0) is 48.7 Å². The molecule has 3 rings (SSSR count). The van der Waals surface area contributed by atoms with Gasteiger partial charge < -0.3 is 14.4 Å². The third-order valence-electron chi connectivity index (χ3n) is 5.54. The number of carbonyl (C=O) groups is 2. The van der Waals surface area contributed by atoms with Crippen molar-refractivity contribution in [2.24, 2.45) is 0 Å². The van der Waals surface area contributed by atoms with Crippen molar-refractivity contribution in [1.82, 2.24) is 4.31 Å². The Balaban J connectivity index is 1.86. The number of hydrogen-bond acceptors (Lipinski definition) is 6. The Labute approximate surface area is 194 Å². The van der Waals surface area contributed by atoms with E-state index in [9.17, 15) is 18.0 Å². The molecule has 0 unspecified atom stereocenters. The van der Waals surface area contributed by atoms with Gasteiger partial charge in [0, 0.05) is 26.2 Å². The first kappa shape index (κ1) is 24.5. The Morgan fingerprint density at radius 1 is 1.03 bits per heavy atom. The van der Waals surface area contributed by atoms with Gasteiger partial charge in [-0.2, -0.15) is 4.31 Å². The number of para-hydroxylation sites is 1. The highest BCUT2D eigenvalue weighted by Gasteiger charge is 2.29. The third kappa shape index (κ3) is 5.43. The largest absolute Gasteiger partial charge is 0.495 e. The van der Waals surface area contributed by atoms with Crippen LogP contribution in [0.4, 0.5) is 5.69 Å². The Morgan fingerprint density at radius 2 is 1.73 bits per heavy atom. The number of carbonyl (C=O) groups excluding carboxylic acids is 2. The molecule has 2 aromatic rings. The van der Waals surface area contributed by atoms with Crippen LogP contribution in [0.1, 0.15) is 35.2 Å². The fraction of sp³-hybridized carbons (Fsp3) is 0.333. The lowest BCUT2D eigenvalue weighted by atomic mass is 10.1. The van der Waals surface area contributed by atoms with E-state index < -0.39 is 16.0 Å². The molecule has 0 N–H and O–H groups in total. The summed E-state index contributed by atoms with van der Waals surface area (Å²) in [5.74, 6) is -0.673. The molecule has 1 amide bonds. The first-order valence-corrected chi connectivity index (χ1v) is 12.0. The molecular formula is C24H28N2O6S. The molecule has 0 saturated carbocycles. The normalized spacial score (nSPS) is 14.8. The smallest absolute Gasteiger partial charge is 0.339 e. The molecule has 0 radical (unpaired) electrons. The molecular weight excluding hydrogens is 444 g/mol. The zero-order valence-corrected chi connectivity index (χ0v) is 19.8. The number of methoxy groups -OCH3 is 2. The summed E-state index contributed by atoms with van der Waals surface area (Å²) < 4.78 is 37.9. The molecule has 1 fully saturated rings. The third-order valence-corrected chi connectivity index (χ3v) is 7.46. The van der Waals surface area contributed by atoms with Crippen LogP contribution in [0.3, 0.4) is 0 Å². The van der Waals surface area contributed by atoms with Crippen molar-refractivity contribution in [3.05, 3.63) is 59.7 Å². The summed E-state index contributed by atoms with van der Waals surface area (Å²) in [4.78, 5) is 26.2. The van der Waals surface area contributed by atoms with E-state index in [0.717, 1.165) is 19.3 Å². The molecule has 1 saturated heterocycles. The molecule has 0 aliphatic carbocycles. The quantitative estimate of drug-likeness (QED) is 0.453. The minimum Gasteiger partial charge on any atom is -0.495 e. The molecule has 176 valence electrons. The van der Waals surface area contributed by atoms with E-state index in [1.165, 1.54) is 41.6 Å². The van der Waals surface area contributed by atoms with Gasteiger partial charge in [-0.25, -0.2) is 13.2 Å². The van der Waals surface area contributed by atoms with Crippen molar-refractivity contribution in [2.45, 2.75) is 24.2 Å². The Morgan fingerprint density at radius 3 is 2.39 bits per heavy atom. The van der Waals surface area contributed by atoms with E-state index in [-0.39, 0.29) is 22.1 Å². The van der Waals surface area contributed by atoms with Crippen LogP contribution in [0.2, 0.25) is 0 Å². The number of anilines is 1. The lowest BCUT2D eigenvalue weighted by Crippen LogP contribution is -2.35. The number of sulfonamides is 1. The lowest BCUT2D eigenvalue weighted by molar-refractivity contribution is -0.113. The monoisotopic (exact) mass is 472 g/mol. The first-order chi connectivity index (χ1) is 15.8. The molecule has 1 aliphatic rings. The molecule has 0 aromatic heterocycles. The highest BCUT2D eigenvalue weighted by molar-refractivity contribution is 7.89. The van der Waals surface area contributed by atoms with E-state index in [2.05, 4.69) is 0 Å². The predicted molar refractivity (Wildman–Crippen MR) is 126 cm³/mol. The summed E-state index contributed by atoms with van der Waals surface area (Å²) in [6.07, 6.45) is 5.53. The summed E-state index contributed by atoms with van der Waals surface area (Å²) in [5, 5.41) is 0. The molecule has 0 bridgehead atoms. The molecule has 1 heterocycles. The predicted octanol–water partition coefficient (Wildman–Crippen LogP) is 3.33. The van der Waals surface area contributed by atoms with Gasteiger partial charge in [-0.1, -0.05) is 24.6 Å². The molecule has 2 aromatic carbocycles. The zero-order valence-electron chi connectivity index (χ0n) is 19.0. The van der Waals surface area contributed by atoms with Gasteiger partial charge in [0.1, 0.15) is 10.6 Å². The van der Waals surface area contributed by atoms with Crippen molar-refractivity contribution >= 4 is 33.7 Å². The molecule has 0 atom stereocenters. The first-order valence-electron chi connectivity index (χ1n) is 10.6. The SMILES string of the molecule is COC(=O)c1ccccc1N(C)C(=O)/C=C/c1ccc(OC)c(S(=O)(=O)N2CCCCC2)c1. The van der Waals surface area contributed by atoms with Crippen LogP contribution in [0.5, 0.6) is 5.75 Å². The number of likely N-dealkylation sites (N-methyl/N-ethyl adjacent to an activating group) is 1. The summed E-state index contributed by atoms with van der Waals surface area (Å²) in [6, 6.07) is 11.4. The summed E-state index contributed by atoms with van der Waals surface area (Å²) >= 11 is 0. The van der Waals surface area contributed by atoms with Crippen LogP contribution in [0.25, 0.3) is 6.08 Å². The number of hydrogen-bond donors (Lipinski definition) is 0. The Kier molecular flexibility index (Phi) is 7.88. The zero-order chi connectivity index (χ0) is 24.0. The van der Waals surface area contributed by atoms with Crippen molar-refractivity contribution in [2.75, 3.05) is 39.3 Å². The van der Waals surface area contributed by atoms with Crippen LogP contribution in [-0.2, 0) is 19.6 Å². The summed E-state index contributed by atoms with van der Waals surface area (Å²) in [6.45, 7) is 0.961. The Bertz CT molecular complexity index is 1150. The molecule has 9 heteroatoms. The van der Waals surface area contributed by atoms with E-state index in [4.69, 9.17) is 9.47 Å². The number of nitrogens with zero attached hydrogens (tertiary/aromatic N) is 2. The van der Waals surface area contributed by atoms with Crippen molar-refractivity contribution in [3.8, 4) is 5.75 Å². The fourth-order valence-electron chi connectivity index (χ4n) is 3.69. The fourth-order valence-corrected chi connectivity index (χ4v) is 5.40. The van der Waals surface area contributed by atoms with E-state index in [1.54, 1.807) is 43.4 Å². The number of piperidine rings is 1. The average Bonchev–Trinajstić information content (AvgIpc) is 2.86. The molecule has 1 aliphatic heterocycles. The van der Waals surface area contributed by atoms with Gasteiger partial charge in [-0.15, -0.1) is 0 Å². The van der Waals surface area contributed by atoms with Gasteiger partial charge in [0.25, 0.3) is 5.91 Å². The second-order valence-corrected chi connectivity index (χ2v) is 9.52. The van der Waals surface area contributed by atoms with E-state index in [1.807, 2.05) is 0 Å². The number of ether oxygens (including phenoxy) is 2. The van der Waals surface area contributed by atoms with Crippen LogP contribution >= 0.6 is 0 Å². The lowest BCUT2D eigenvalue weighted by Gasteiger charge is -2.26. The second kappa shape index (κ2) is 10.6. The van der Waals surface area contributed by atoms with E-state index in [0.29, 0.717) is 24.3 Å². The van der Waals surface area contributed by atoms with Crippen LogP contribution in [-0.4, -0.2) is 59.0 Å². The van der Waals surface area contributed by atoms with Crippen molar-refractivity contribution < 1.29 is 27.5 Å². The summed E-state index contributed by atoms with van der Waals surface area (Å²) in [5.41, 5.74) is 1.21. The van der Waals surface area contributed by atoms with Crippen LogP contribution in [0, 0.1) is 0 Å². The van der Waals surface area contributed by atoms with Gasteiger partial charge in [0.2, 0.25) is 10.0 Å². The maximum Gasteiger partial charge on any atom is 0.339 e. The molecule has 33 heavy (non-hydrogen) atoms. The number of amides is 1. The highest BCUT2D eigenvalue weighted by Crippen LogP contribution is 2.30. The minimum absolute atomic E-state index is 0.0749. The molecule has 8 nitrogen and oxygen atoms in total. The highest BCUT2D eigenvalue weighted by atomic mass is 32.2. The number of rotatable bonds is 7. The Hall–Kier alpha value is -3.17. The number of benzene rings is 2. The average molecular weight is 473 g/mol. The van der Waals surface area contributed by atoms with Crippen molar-refractivity contribution in [1.29, 1.82) is 0 Å². The van der Waals surface area contributed by atoms with Gasteiger partial charge in [0.05, 0.1) is 25.5 Å². The van der Waals surface area contributed by atoms with Crippen LogP contribution < -0.4 is 9.64 Å². The van der Waals surface area contributed by atoms with Crippen LogP contribution in [0.15, 0.2) is 53.4 Å². The summed E-state index contributed by atoms with van der Waals surface area (Å²) in [7, 11) is 0.540. The topological polar surface area (TPSA) is 93.2 Å². The maximum atomic E-state index is 13.2.